The minimum Gasteiger partial charge on any atom is -0.429 e. The van der Waals surface area contributed by atoms with E-state index in [1.165, 1.54) is 57.4 Å². The van der Waals surface area contributed by atoms with Gasteiger partial charge in [0.25, 0.3) is 0 Å². The lowest BCUT2D eigenvalue weighted by Crippen LogP contribution is -2.38. The molecular weight excluding hydrogens is 488 g/mol. The van der Waals surface area contributed by atoms with Crippen LogP contribution in [-0.4, -0.2) is 6.11 Å². The van der Waals surface area contributed by atoms with Gasteiger partial charge in [-0.25, -0.2) is 4.39 Å². The van der Waals surface area contributed by atoms with E-state index in [0.717, 1.165) is 43.2 Å². The summed E-state index contributed by atoms with van der Waals surface area (Å²) in [6, 6.07) is 9.68. The first-order valence-corrected chi connectivity index (χ1v) is 15.0. The van der Waals surface area contributed by atoms with Gasteiger partial charge in [0.05, 0.1) is 5.92 Å². The van der Waals surface area contributed by atoms with Gasteiger partial charge in [-0.05, 0) is 86.0 Å². The fraction of sp³-hybridized carbons (Fsp3) is 0.636. The van der Waals surface area contributed by atoms with Crippen molar-refractivity contribution < 1.29 is 22.3 Å². The zero-order chi connectivity index (χ0) is 27.1. The van der Waals surface area contributed by atoms with Gasteiger partial charge < -0.3 is 4.74 Å². The smallest absolute Gasteiger partial charge is 0.400 e. The molecule has 0 aromatic heterocycles. The molecule has 4 rings (SSSR count). The van der Waals surface area contributed by atoms with E-state index in [1.54, 1.807) is 12.1 Å². The molecule has 0 N–H and O–H groups in total. The second-order valence-corrected chi connectivity index (χ2v) is 11.7. The van der Waals surface area contributed by atoms with Crippen LogP contribution in [0.3, 0.4) is 0 Å². The van der Waals surface area contributed by atoms with Crippen LogP contribution < -0.4 is 4.74 Å². The van der Waals surface area contributed by atoms with E-state index in [-0.39, 0.29) is 5.56 Å². The standard InChI is InChI=1S/C33H44F4O/c1-3-5-6-8-24-9-13-25(14-10-24)26-17-19-28(20-18-26)33(36,37)38-30-22-21-29(31(34)32(30)35)27-15-11-23(7-4-2)12-16-27/h11-12,15-16,21-22,24-26,28H,3-10,13-14,17-20H2,1-2H3. The highest BCUT2D eigenvalue weighted by Crippen LogP contribution is 2.46. The van der Waals surface area contributed by atoms with Crippen LogP contribution in [0.4, 0.5) is 17.6 Å². The summed E-state index contributed by atoms with van der Waals surface area (Å²) in [6.07, 6.45) is 10.8. The summed E-state index contributed by atoms with van der Waals surface area (Å²) in [7, 11) is 0. The van der Waals surface area contributed by atoms with Gasteiger partial charge >= 0.3 is 6.11 Å². The zero-order valence-electron chi connectivity index (χ0n) is 23.1. The van der Waals surface area contributed by atoms with Gasteiger partial charge in [0, 0.05) is 5.56 Å². The summed E-state index contributed by atoms with van der Waals surface area (Å²) in [6.45, 7) is 4.31. The van der Waals surface area contributed by atoms with E-state index >= 15 is 8.78 Å². The lowest BCUT2D eigenvalue weighted by Gasteiger charge is -2.39. The Hall–Kier alpha value is -2.04. The first-order chi connectivity index (χ1) is 18.3. The molecule has 0 bridgehead atoms. The molecule has 5 heteroatoms. The highest BCUT2D eigenvalue weighted by Gasteiger charge is 2.45. The minimum absolute atomic E-state index is 0.0433. The lowest BCUT2D eigenvalue weighted by molar-refractivity contribution is -0.225. The topological polar surface area (TPSA) is 9.23 Å². The van der Waals surface area contributed by atoms with Crippen molar-refractivity contribution in [3.63, 3.8) is 0 Å². The highest BCUT2D eigenvalue weighted by molar-refractivity contribution is 5.65. The minimum atomic E-state index is -3.53. The van der Waals surface area contributed by atoms with Gasteiger partial charge in [-0.1, -0.05) is 83.1 Å². The Labute approximate surface area is 226 Å². The van der Waals surface area contributed by atoms with Crippen molar-refractivity contribution in [3.8, 4) is 16.9 Å². The van der Waals surface area contributed by atoms with Crippen molar-refractivity contribution in [2.24, 2.45) is 23.7 Å². The van der Waals surface area contributed by atoms with E-state index in [0.29, 0.717) is 30.2 Å². The molecule has 1 nitrogen and oxygen atoms in total. The summed E-state index contributed by atoms with van der Waals surface area (Å²) in [5, 5.41) is 0. The van der Waals surface area contributed by atoms with Crippen LogP contribution in [0.5, 0.6) is 5.75 Å². The molecule has 0 saturated heterocycles. The molecule has 2 aliphatic carbocycles. The number of halogens is 4. The predicted molar refractivity (Wildman–Crippen MR) is 146 cm³/mol. The molecule has 2 saturated carbocycles. The number of ether oxygens (including phenoxy) is 1. The average Bonchev–Trinajstić information content (AvgIpc) is 2.93. The molecule has 210 valence electrons. The van der Waals surface area contributed by atoms with Crippen LogP contribution in [0, 0.1) is 35.3 Å². The third-order valence-corrected chi connectivity index (χ3v) is 9.12. The van der Waals surface area contributed by atoms with E-state index < -0.39 is 29.4 Å². The largest absolute Gasteiger partial charge is 0.429 e. The molecule has 0 heterocycles. The predicted octanol–water partition coefficient (Wildman–Crippen LogP) is 10.7. The first-order valence-electron chi connectivity index (χ1n) is 15.0. The lowest BCUT2D eigenvalue weighted by atomic mass is 9.68. The van der Waals surface area contributed by atoms with Crippen LogP contribution in [0.25, 0.3) is 11.1 Å². The number of hydrogen-bond donors (Lipinski definition) is 0. The third-order valence-electron chi connectivity index (χ3n) is 9.12. The molecule has 0 radical (unpaired) electrons. The first kappa shape index (κ1) is 29.0. The van der Waals surface area contributed by atoms with Crippen molar-refractivity contribution in [2.75, 3.05) is 0 Å². The Bertz CT molecular complexity index is 1000. The normalized spacial score (nSPS) is 24.4. The Kier molecular flexibility index (Phi) is 10.2. The van der Waals surface area contributed by atoms with Gasteiger partial charge in [-0.2, -0.15) is 13.2 Å². The molecule has 2 aromatic carbocycles. The number of unbranched alkanes of at least 4 members (excludes halogenated alkanes) is 2. The maximum Gasteiger partial charge on any atom is 0.400 e. The molecular formula is C33H44F4O. The molecule has 0 amide bonds. The van der Waals surface area contributed by atoms with Gasteiger partial charge in [0.1, 0.15) is 0 Å². The Balaban J connectivity index is 1.31. The van der Waals surface area contributed by atoms with Crippen LogP contribution in [-0.2, 0) is 6.42 Å². The second-order valence-electron chi connectivity index (χ2n) is 11.7. The fourth-order valence-corrected chi connectivity index (χ4v) is 6.76. The van der Waals surface area contributed by atoms with Crippen LogP contribution in [0.15, 0.2) is 36.4 Å². The molecule has 0 aliphatic heterocycles. The van der Waals surface area contributed by atoms with E-state index in [1.807, 2.05) is 12.1 Å². The maximum absolute atomic E-state index is 15.1. The summed E-state index contributed by atoms with van der Waals surface area (Å²) < 4.78 is 64.8. The average molecular weight is 533 g/mol. The van der Waals surface area contributed by atoms with E-state index in [4.69, 9.17) is 4.74 Å². The van der Waals surface area contributed by atoms with Crippen molar-refractivity contribution in [1.82, 2.24) is 0 Å². The second kappa shape index (κ2) is 13.3. The van der Waals surface area contributed by atoms with Crippen LogP contribution in [0.1, 0.15) is 103 Å². The van der Waals surface area contributed by atoms with Gasteiger partial charge in [0.15, 0.2) is 11.6 Å². The van der Waals surface area contributed by atoms with Crippen molar-refractivity contribution in [2.45, 2.75) is 110 Å². The summed E-state index contributed by atoms with van der Waals surface area (Å²) in [5.41, 5.74) is 1.66. The number of hydrogen-bond acceptors (Lipinski definition) is 1. The van der Waals surface area contributed by atoms with Gasteiger partial charge in [-0.3, -0.25) is 0 Å². The summed E-state index contributed by atoms with van der Waals surface area (Å²) in [5.74, 6) is -2.23. The van der Waals surface area contributed by atoms with Crippen LogP contribution in [0.2, 0.25) is 0 Å². The van der Waals surface area contributed by atoms with E-state index in [9.17, 15) is 8.78 Å². The fourth-order valence-electron chi connectivity index (χ4n) is 6.76. The molecule has 2 fully saturated rings. The van der Waals surface area contributed by atoms with Crippen LogP contribution >= 0.6 is 0 Å². The quantitative estimate of drug-likeness (QED) is 0.207. The monoisotopic (exact) mass is 532 g/mol. The molecule has 0 unspecified atom stereocenters. The maximum atomic E-state index is 15.1. The number of rotatable bonds is 11. The third kappa shape index (κ3) is 7.12. The Morgan fingerprint density at radius 1 is 0.737 bits per heavy atom. The Morgan fingerprint density at radius 3 is 1.97 bits per heavy atom. The molecule has 0 spiro atoms. The van der Waals surface area contributed by atoms with Gasteiger partial charge in [0.2, 0.25) is 5.82 Å². The SMILES string of the molecule is CCCCCC1CCC(C2CCC(C(F)(F)Oc3ccc(-c4ccc(CCC)cc4)c(F)c3F)CC2)CC1. The highest BCUT2D eigenvalue weighted by atomic mass is 19.3. The van der Waals surface area contributed by atoms with Crippen molar-refractivity contribution in [1.29, 1.82) is 0 Å². The number of alkyl halides is 2. The number of aryl methyl sites for hydroxylation is 1. The number of benzene rings is 2. The van der Waals surface area contributed by atoms with Gasteiger partial charge in [-0.15, -0.1) is 0 Å². The van der Waals surface area contributed by atoms with Crippen molar-refractivity contribution >= 4 is 0 Å². The Morgan fingerprint density at radius 2 is 1.37 bits per heavy atom. The van der Waals surface area contributed by atoms with E-state index in [2.05, 4.69) is 13.8 Å². The molecule has 0 atom stereocenters. The summed E-state index contributed by atoms with van der Waals surface area (Å²) in [4.78, 5) is 0. The van der Waals surface area contributed by atoms with Crippen molar-refractivity contribution in [3.05, 3.63) is 53.6 Å². The zero-order valence-corrected chi connectivity index (χ0v) is 23.1. The molecule has 2 aliphatic rings. The summed E-state index contributed by atoms with van der Waals surface area (Å²) >= 11 is 0. The molecule has 38 heavy (non-hydrogen) atoms. The molecule has 2 aromatic rings.